The van der Waals surface area contributed by atoms with Crippen molar-refractivity contribution in [3.63, 3.8) is 0 Å². The molecule has 6 N–H and O–H groups in total. The van der Waals surface area contributed by atoms with Crippen LogP contribution in [0, 0.1) is 0 Å². The van der Waals surface area contributed by atoms with E-state index in [-0.39, 0.29) is 5.69 Å². The standard InChI is InChI=1S/C8H10AsNO5.C7H9NO/c1-5(11)10-7-4-2-3-6(8(7)12)9(13,14)15;1-9-7-4-2-6(8)3-5-7/h2-4,12H,1H3,(H,10,11)(H2,13,14,15);2-5H,8H2,1H3. The zero-order valence-electron chi connectivity index (χ0n) is 13.1. The molecule has 0 heterocycles. The maximum Gasteiger partial charge on any atom is 0.119 e. The minimum absolute atomic E-state index is 0.00951. The van der Waals surface area contributed by atoms with Crippen LogP contribution in [0.25, 0.3) is 0 Å². The van der Waals surface area contributed by atoms with Crippen molar-refractivity contribution >= 4 is 35.8 Å². The van der Waals surface area contributed by atoms with Gasteiger partial charge in [-0.25, -0.2) is 0 Å². The van der Waals surface area contributed by atoms with Crippen LogP contribution in [-0.2, 0) is 8.53 Å². The van der Waals surface area contributed by atoms with Crippen molar-refractivity contribution in [2.75, 3.05) is 18.2 Å². The molecular formula is C15H19AsN2O6. The summed E-state index contributed by atoms with van der Waals surface area (Å²) in [6.45, 7) is 1.23. The van der Waals surface area contributed by atoms with Crippen molar-refractivity contribution in [1.82, 2.24) is 0 Å². The number of carbonyl (C=O) groups excluding carboxylic acids is 1. The van der Waals surface area contributed by atoms with E-state index >= 15 is 0 Å². The number of nitrogen functional groups attached to an aromatic ring is 1. The molecule has 0 saturated carbocycles. The summed E-state index contributed by atoms with van der Waals surface area (Å²) < 4.78 is 33.3. The Bertz CT molecular complexity index is 742. The van der Waals surface area contributed by atoms with Gasteiger partial charge in [0.1, 0.15) is 5.75 Å². The average molecular weight is 398 g/mol. The fourth-order valence-electron chi connectivity index (χ4n) is 1.66. The molecule has 0 spiro atoms. The fraction of sp³-hybridized carbons (Fsp3) is 0.133. The van der Waals surface area contributed by atoms with Crippen LogP contribution in [-0.4, -0.2) is 40.5 Å². The maximum atomic E-state index is 11.0. The third kappa shape index (κ3) is 6.00. The van der Waals surface area contributed by atoms with Crippen LogP contribution in [0.5, 0.6) is 11.5 Å². The van der Waals surface area contributed by atoms with Crippen molar-refractivity contribution in [2.45, 2.75) is 6.92 Å². The van der Waals surface area contributed by atoms with E-state index in [0.29, 0.717) is 0 Å². The Balaban J connectivity index is 0.000000272. The van der Waals surface area contributed by atoms with E-state index in [1.165, 1.54) is 19.1 Å². The summed E-state index contributed by atoms with van der Waals surface area (Å²) in [6, 6.07) is 11.1. The largest absolute Gasteiger partial charge is 0.497 e. The summed E-state index contributed by atoms with van der Waals surface area (Å²) in [4.78, 5) is 10.7. The Morgan fingerprint density at radius 2 is 1.75 bits per heavy atom. The summed E-state index contributed by atoms with van der Waals surface area (Å²) >= 11 is -5.15. The predicted octanol–water partition coefficient (Wildman–Crippen LogP) is 0.189. The molecule has 9 heteroatoms. The summed E-state index contributed by atoms with van der Waals surface area (Å²) in [7, 11) is 1.63. The quantitative estimate of drug-likeness (QED) is 0.282. The molecule has 1 amide bonds. The van der Waals surface area contributed by atoms with Crippen LogP contribution < -0.4 is 20.1 Å². The Morgan fingerprint density at radius 1 is 1.17 bits per heavy atom. The third-order valence-corrected chi connectivity index (χ3v) is 4.83. The SMILES string of the molecule is CC(=O)Nc1cccc([As](=O)(O)O)c1O.COc1ccc(N)cc1. The van der Waals surface area contributed by atoms with Gasteiger partial charge in [0, 0.05) is 5.69 Å². The molecule has 2 rings (SSSR count). The third-order valence-electron chi connectivity index (χ3n) is 2.76. The van der Waals surface area contributed by atoms with Crippen LogP contribution in [0.3, 0.4) is 0 Å². The first-order chi connectivity index (χ1) is 11.1. The number of benzene rings is 2. The van der Waals surface area contributed by atoms with E-state index in [0.717, 1.165) is 17.5 Å². The first-order valence-electron chi connectivity index (χ1n) is 6.70. The second-order valence-electron chi connectivity index (χ2n) is 4.67. The predicted molar refractivity (Wildman–Crippen MR) is 90.3 cm³/mol. The number of phenolic OH excluding ortho intramolecular Hbond substituents is 1. The molecule has 0 fully saturated rings. The van der Waals surface area contributed by atoms with E-state index in [9.17, 15) is 13.6 Å². The molecule has 0 saturated heterocycles. The topological polar surface area (TPSA) is 142 Å². The molecule has 2 aromatic carbocycles. The molecule has 0 aromatic heterocycles. The van der Waals surface area contributed by atoms with Crippen molar-refractivity contribution in [3.05, 3.63) is 42.5 Å². The van der Waals surface area contributed by atoms with Gasteiger partial charge in [-0.15, -0.1) is 0 Å². The molecule has 0 aliphatic heterocycles. The van der Waals surface area contributed by atoms with Crippen molar-refractivity contribution in [3.8, 4) is 11.5 Å². The number of hydrogen-bond donors (Lipinski definition) is 5. The van der Waals surface area contributed by atoms with Crippen LogP contribution in [0.1, 0.15) is 6.92 Å². The Kier molecular flexibility index (Phi) is 6.91. The van der Waals surface area contributed by atoms with Gasteiger partial charge in [0.2, 0.25) is 0 Å². The second-order valence-corrected chi connectivity index (χ2v) is 7.97. The molecule has 0 unspecified atom stereocenters. The molecule has 0 aliphatic rings. The molecule has 0 aliphatic carbocycles. The number of amides is 1. The Labute approximate surface area is 141 Å². The number of hydrogen-bond acceptors (Lipinski definition) is 5. The van der Waals surface area contributed by atoms with Gasteiger partial charge in [0.05, 0.1) is 7.11 Å². The van der Waals surface area contributed by atoms with Gasteiger partial charge in [-0.1, -0.05) is 0 Å². The number of anilines is 2. The summed E-state index contributed by atoms with van der Waals surface area (Å²) in [6.07, 6.45) is 0. The minimum Gasteiger partial charge on any atom is -0.497 e. The molecule has 2 aromatic rings. The zero-order valence-corrected chi connectivity index (χ0v) is 15.0. The van der Waals surface area contributed by atoms with E-state index in [2.05, 4.69) is 5.32 Å². The van der Waals surface area contributed by atoms with Crippen molar-refractivity contribution in [1.29, 1.82) is 0 Å². The van der Waals surface area contributed by atoms with Gasteiger partial charge < -0.3 is 10.5 Å². The van der Waals surface area contributed by atoms with Gasteiger partial charge in [-0.05, 0) is 24.3 Å². The van der Waals surface area contributed by atoms with Crippen LogP contribution in [0.2, 0.25) is 0 Å². The van der Waals surface area contributed by atoms with Gasteiger partial charge in [-0.3, -0.25) is 0 Å². The minimum atomic E-state index is -5.15. The fourth-order valence-corrected chi connectivity index (χ4v) is 3.08. The number of rotatable bonds is 3. The van der Waals surface area contributed by atoms with Crippen molar-refractivity contribution < 1.29 is 26.6 Å². The van der Waals surface area contributed by atoms with Crippen molar-refractivity contribution in [2.24, 2.45) is 0 Å². The molecule has 130 valence electrons. The summed E-state index contributed by atoms with van der Waals surface area (Å²) in [5, 5.41) is 11.7. The van der Waals surface area contributed by atoms with E-state index in [1.807, 2.05) is 12.1 Å². The van der Waals surface area contributed by atoms with E-state index in [4.69, 9.17) is 18.7 Å². The molecule has 8 nitrogen and oxygen atoms in total. The first kappa shape index (κ1) is 19.6. The number of phenols is 1. The van der Waals surface area contributed by atoms with Gasteiger partial charge >= 0.3 is 88.1 Å². The van der Waals surface area contributed by atoms with E-state index < -0.39 is 30.2 Å². The van der Waals surface area contributed by atoms with Gasteiger partial charge in [-0.2, -0.15) is 0 Å². The van der Waals surface area contributed by atoms with Crippen LogP contribution in [0.15, 0.2) is 42.5 Å². The monoisotopic (exact) mass is 398 g/mol. The molecule has 0 atom stereocenters. The number of ether oxygens (including phenoxy) is 1. The molecule has 0 radical (unpaired) electrons. The number of methoxy groups -OCH3 is 1. The summed E-state index contributed by atoms with van der Waals surface area (Å²) in [5.74, 6) is -0.176. The number of carbonyl (C=O) groups is 1. The maximum absolute atomic E-state index is 11.0. The second kappa shape index (κ2) is 8.44. The molecule has 0 bridgehead atoms. The first-order valence-corrected chi connectivity index (χ1v) is 10.1. The molecular weight excluding hydrogens is 379 g/mol. The zero-order chi connectivity index (χ0) is 18.3. The van der Waals surface area contributed by atoms with Crippen LogP contribution in [0.4, 0.5) is 11.4 Å². The van der Waals surface area contributed by atoms with Crippen LogP contribution >= 0.6 is 0 Å². The number of aromatic hydroxyl groups is 1. The Morgan fingerprint density at radius 3 is 2.21 bits per heavy atom. The Hall–Kier alpha value is -2.41. The number of para-hydroxylation sites is 1. The summed E-state index contributed by atoms with van der Waals surface area (Å²) in [5.41, 5.74) is 6.18. The smallest absolute Gasteiger partial charge is 0.119 e. The average Bonchev–Trinajstić information content (AvgIpc) is 2.49. The van der Waals surface area contributed by atoms with Gasteiger partial charge in [0.15, 0.2) is 0 Å². The normalized spacial score (nSPS) is 10.3. The van der Waals surface area contributed by atoms with E-state index in [1.54, 1.807) is 19.2 Å². The number of nitrogens with two attached hydrogens (primary N) is 1. The molecule has 24 heavy (non-hydrogen) atoms. The van der Waals surface area contributed by atoms with Gasteiger partial charge in [0.25, 0.3) is 0 Å². The number of nitrogens with one attached hydrogen (secondary N) is 1.